The predicted molar refractivity (Wildman–Crippen MR) is 127 cm³/mol. The number of thioether (sulfide) groups is 1. The number of rotatable bonds is 9. The number of Topliss-reactive ketones (excluding diaryl/α,β-unsaturated/α-hetero) is 1. The Bertz CT molecular complexity index is 1130. The molecule has 0 fully saturated rings. The molecule has 0 unspecified atom stereocenters. The second-order valence-corrected chi connectivity index (χ2v) is 8.98. The Balaban J connectivity index is 1.44. The van der Waals surface area contributed by atoms with E-state index in [1.54, 1.807) is 24.2 Å². The molecule has 0 bridgehead atoms. The number of hydrogen-bond donors (Lipinski definition) is 0. The summed E-state index contributed by atoms with van der Waals surface area (Å²) in [5.74, 6) is 1.75. The standard InChI is InChI=1S/C24H21BrN4OS/c25-21-12-10-19(11-13-21)22(30)9-5-15-31-24-28-27-23(20-8-4-14-26-16-20)29(24)17-18-6-2-1-3-7-18/h1-4,6-8,10-14,16H,5,9,15,17H2. The molecule has 0 amide bonds. The summed E-state index contributed by atoms with van der Waals surface area (Å²) in [5, 5.41) is 9.71. The molecule has 0 spiro atoms. The average Bonchev–Trinajstić information content (AvgIpc) is 3.20. The number of nitrogens with zero attached hydrogens (tertiary/aromatic N) is 4. The van der Waals surface area contributed by atoms with Gasteiger partial charge in [0, 0.05) is 40.2 Å². The van der Waals surface area contributed by atoms with E-state index in [0.29, 0.717) is 13.0 Å². The van der Waals surface area contributed by atoms with Gasteiger partial charge >= 0.3 is 0 Å². The summed E-state index contributed by atoms with van der Waals surface area (Å²) in [4.78, 5) is 16.6. The molecule has 0 radical (unpaired) electrons. The van der Waals surface area contributed by atoms with Gasteiger partial charge in [0.2, 0.25) is 0 Å². The molecule has 0 aliphatic rings. The minimum absolute atomic E-state index is 0.162. The van der Waals surface area contributed by atoms with Gasteiger partial charge in [-0.2, -0.15) is 0 Å². The van der Waals surface area contributed by atoms with E-state index in [2.05, 4.69) is 47.8 Å². The molecule has 2 aromatic carbocycles. The van der Waals surface area contributed by atoms with Crippen molar-refractivity contribution in [3.05, 3.63) is 94.7 Å². The molecule has 2 aromatic heterocycles. The maximum absolute atomic E-state index is 12.4. The van der Waals surface area contributed by atoms with Crippen LogP contribution in [0, 0.1) is 0 Å². The van der Waals surface area contributed by atoms with Crippen LogP contribution in [0.1, 0.15) is 28.8 Å². The molecule has 31 heavy (non-hydrogen) atoms. The molecule has 2 heterocycles. The third-order valence-electron chi connectivity index (χ3n) is 4.77. The molecular weight excluding hydrogens is 472 g/mol. The molecule has 4 aromatic rings. The number of hydrogen-bond acceptors (Lipinski definition) is 5. The summed E-state index contributed by atoms with van der Waals surface area (Å²) < 4.78 is 3.09. The maximum Gasteiger partial charge on any atom is 0.191 e. The summed E-state index contributed by atoms with van der Waals surface area (Å²) in [6.45, 7) is 0.679. The highest BCUT2D eigenvalue weighted by Crippen LogP contribution is 2.25. The zero-order valence-corrected chi connectivity index (χ0v) is 19.2. The third-order valence-corrected chi connectivity index (χ3v) is 6.35. The highest BCUT2D eigenvalue weighted by atomic mass is 79.9. The van der Waals surface area contributed by atoms with Crippen molar-refractivity contribution in [1.82, 2.24) is 19.7 Å². The number of carbonyl (C=O) groups excluding carboxylic acids is 1. The van der Waals surface area contributed by atoms with Gasteiger partial charge in [-0.3, -0.25) is 14.3 Å². The van der Waals surface area contributed by atoms with Gasteiger partial charge in [-0.05, 0) is 36.2 Å². The van der Waals surface area contributed by atoms with Crippen molar-refractivity contribution in [3.63, 3.8) is 0 Å². The van der Waals surface area contributed by atoms with Crippen LogP contribution in [-0.2, 0) is 6.54 Å². The Hall–Kier alpha value is -2.77. The van der Waals surface area contributed by atoms with Gasteiger partial charge in [-0.1, -0.05) is 70.2 Å². The Morgan fingerprint density at radius 2 is 1.77 bits per heavy atom. The summed E-state index contributed by atoms with van der Waals surface area (Å²) >= 11 is 5.03. The lowest BCUT2D eigenvalue weighted by Gasteiger charge is -2.10. The molecule has 7 heteroatoms. The average molecular weight is 493 g/mol. The molecule has 0 N–H and O–H groups in total. The van der Waals surface area contributed by atoms with Gasteiger partial charge in [0.1, 0.15) is 0 Å². The van der Waals surface area contributed by atoms with Crippen molar-refractivity contribution < 1.29 is 4.79 Å². The molecule has 4 rings (SSSR count). The number of pyridine rings is 1. The number of carbonyl (C=O) groups is 1. The molecule has 0 saturated heterocycles. The molecule has 0 aliphatic carbocycles. The van der Waals surface area contributed by atoms with Gasteiger partial charge in [-0.15, -0.1) is 10.2 Å². The van der Waals surface area contributed by atoms with Gasteiger partial charge < -0.3 is 0 Å². The fraction of sp³-hybridized carbons (Fsp3) is 0.167. The highest BCUT2D eigenvalue weighted by molar-refractivity contribution is 9.10. The van der Waals surface area contributed by atoms with E-state index in [-0.39, 0.29) is 5.78 Å². The maximum atomic E-state index is 12.4. The largest absolute Gasteiger partial charge is 0.298 e. The smallest absolute Gasteiger partial charge is 0.191 e. The van der Waals surface area contributed by atoms with Crippen LogP contribution in [-0.4, -0.2) is 31.3 Å². The number of halogens is 1. The van der Waals surface area contributed by atoms with E-state index < -0.39 is 0 Å². The van der Waals surface area contributed by atoms with Crippen molar-refractivity contribution >= 4 is 33.5 Å². The summed E-state index contributed by atoms with van der Waals surface area (Å²) in [6, 6.07) is 21.7. The Kier molecular flexibility index (Phi) is 7.27. The first kappa shape index (κ1) is 21.5. The number of aromatic nitrogens is 4. The normalized spacial score (nSPS) is 10.9. The number of benzene rings is 2. The van der Waals surface area contributed by atoms with Crippen molar-refractivity contribution in [2.75, 3.05) is 5.75 Å². The predicted octanol–water partition coefficient (Wildman–Crippen LogP) is 5.91. The van der Waals surface area contributed by atoms with Crippen molar-refractivity contribution in [1.29, 1.82) is 0 Å². The van der Waals surface area contributed by atoms with E-state index in [9.17, 15) is 4.79 Å². The minimum atomic E-state index is 0.162. The lowest BCUT2D eigenvalue weighted by atomic mass is 10.1. The van der Waals surface area contributed by atoms with E-state index in [1.807, 2.05) is 54.6 Å². The van der Waals surface area contributed by atoms with Crippen LogP contribution in [0.5, 0.6) is 0 Å². The lowest BCUT2D eigenvalue weighted by molar-refractivity contribution is 0.0982. The molecule has 0 saturated carbocycles. The van der Waals surface area contributed by atoms with Gasteiger partial charge in [-0.25, -0.2) is 0 Å². The van der Waals surface area contributed by atoms with Crippen LogP contribution < -0.4 is 0 Å². The molecule has 5 nitrogen and oxygen atoms in total. The van der Waals surface area contributed by atoms with Gasteiger partial charge in [0.25, 0.3) is 0 Å². The third kappa shape index (κ3) is 5.68. The summed E-state index contributed by atoms with van der Waals surface area (Å²) in [7, 11) is 0. The van der Waals surface area contributed by atoms with E-state index in [1.165, 1.54) is 5.56 Å². The zero-order valence-electron chi connectivity index (χ0n) is 16.8. The van der Waals surface area contributed by atoms with Crippen molar-refractivity contribution in [2.24, 2.45) is 0 Å². The van der Waals surface area contributed by atoms with E-state index in [0.717, 1.165) is 38.8 Å². The molecule has 0 atom stereocenters. The first-order valence-electron chi connectivity index (χ1n) is 10.00. The fourth-order valence-electron chi connectivity index (χ4n) is 3.19. The first-order valence-corrected chi connectivity index (χ1v) is 11.8. The minimum Gasteiger partial charge on any atom is -0.298 e. The fourth-order valence-corrected chi connectivity index (χ4v) is 4.33. The number of ketones is 1. The lowest BCUT2D eigenvalue weighted by Crippen LogP contribution is -2.05. The van der Waals surface area contributed by atoms with Gasteiger partial charge in [0.05, 0.1) is 6.54 Å². The van der Waals surface area contributed by atoms with E-state index in [4.69, 9.17) is 0 Å². The van der Waals surface area contributed by atoms with Crippen LogP contribution in [0.4, 0.5) is 0 Å². The highest BCUT2D eigenvalue weighted by Gasteiger charge is 2.15. The van der Waals surface area contributed by atoms with Crippen LogP contribution in [0.15, 0.2) is 88.8 Å². The molecule has 0 aliphatic heterocycles. The molecule has 156 valence electrons. The van der Waals surface area contributed by atoms with Crippen molar-refractivity contribution in [2.45, 2.75) is 24.5 Å². The van der Waals surface area contributed by atoms with Crippen LogP contribution >= 0.6 is 27.7 Å². The van der Waals surface area contributed by atoms with Crippen molar-refractivity contribution in [3.8, 4) is 11.4 Å². The van der Waals surface area contributed by atoms with E-state index >= 15 is 0 Å². The summed E-state index contributed by atoms with van der Waals surface area (Å²) in [5.41, 5.74) is 2.86. The zero-order chi connectivity index (χ0) is 21.5. The second kappa shape index (κ2) is 10.5. The van der Waals surface area contributed by atoms with Crippen LogP contribution in [0.2, 0.25) is 0 Å². The summed E-state index contributed by atoms with van der Waals surface area (Å²) in [6.07, 6.45) is 4.84. The van der Waals surface area contributed by atoms with Crippen LogP contribution in [0.25, 0.3) is 11.4 Å². The van der Waals surface area contributed by atoms with Crippen LogP contribution in [0.3, 0.4) is 0 Å². The Morgan fingerprint density at radius 1 is 0.968 bits per heavy atom. The quantitative estimate of drug-likeness (QED) is 0.165. The molecular formula is C24H21BrN4OS. The van der Waals surface area contributed by atoms with Gasteiger partial charge in [0.15, 0.2) is 16.8 Å². The monoisotopic (exact) mass is 492 g/mol. The second-order valence-electron chi connectivity index (χ2n) is 7.00. The topological polar surface area (TPSA) is 60.7 Å². The Labute approximate surface area is 194 Å². The first-order chi connectivity index (χ1) is 15.2. The SMILES string of the molecule is O=C(CCCSc1nnc(-c2cccnc2)n1Cc1ccccc1)c1ccc(Br)cc1. The Morgan fingerprint density at radius 3 is 2.52 bits per heavy atom.